The molecule has 5 heteroatoms. The molecule has 0 aliphatic heterocycles. The fraction of sp³-hybridized carbons (Fsp3) is 0.133. The van der Waals surface area contributed by atoms with Gasteiger partial charge in [-0.05, 0) is 29.8 Å². The lowest BCUT2D eigenvalue weighted by atomic mass is 10.2. The van der Waals surface area contributed by atoms with E-state index in [4.69, 9.17) is 9.47 Å². The highest BCUT2D eigenvalue weighted by molar-refractivity contribution is 5.79. The summed E-state index contributed by atoms with van der Waals surface area (Å²) in [6.45, 7) is -0.0529. The number of ether oxygens (including phenoxy) is 2. The highest BCUT2D eigenvalue weighted by Gasteiger charge is 2.07. The Balaban J connectivity index is 2.19. The highest BCUT2D eigenvalue weighted by atomic mass is 19.1. The summed E-state index contributed by atoms with van der Waals surface area (Å²) in [6.07, 6.45) is 0.640. The fourth-order valence-electron chi connectivity index (χ4n) is 1.72. The summed E-state index contributed by atoms with van der Waals surface area (Å²) in [5.74, 6) is -0.533. The number of hydrogen-bond acceptors (Lipinski definition) is 3. The van der Waals surface area contributed by atoms with Gasteiger partial charge >= 0.3 is 0 Å². The van der Waals surface area contributed by atoms with E-state index in [0.717, 1.165) is 6.07 Å². The molecule has 0 amide bonds. The van der Waals surface area contributed by atoms with E-state index in [9.17, 15) is 13.6 Å². The Hall–Kier alpha value is -2.43. The molecule has 0 aromatic heterocycles. The molecule has 0 heterocycles. The molecule has 0 atom stereocenters. The zero-order valence-corrected chi connectivity index (χ0v) is 10.7. The molecule has 0 N–H and O–H groups in total. The van der Waals surface area contributed by atoms with Gasteiger partial charge in [-0.2, -0.15) is 0 Å². The first-order chi connectivity index (χ1) is 9.62. The van der Waals surface area contributed by atoms with Crippen LogP contribution in [0, 0.1) is 11.6 Å². The van der Waals surface area contributed by atoms with Gasteiger partial charge in [0.15, 0.2) is 6.29 Å². The van der Waals surface area contributed by atoms with Gasteiger partial charge in [-0.25, -0.2) is 8.78 Å². The van der Waals surface area contributed by atoms with Crippen LogP contribution in [0.3, 0.4) is 0 Å². The summed E-state index contributed by atoms with van der Waals surface area (Å²) in [5.41, 5.74) is 0.671. The van der Waals surface area contributed by atoms with E-state index in [2.05, 4.69) is 0 Å². The van der Waals surface area contributed by atoms with E-state index >= 15 is 0 Å². The summed E-state index contributed by atoms with van der Waals surface area (Å²) < 4.78 is 36.5. The Labute approximate surface area is 114 Å². The van der Waals surface area contributed by atoms with Gasteiger partial charge in [0, 0.05) is 12.1 Å². The summed E-state index contributed by atoms with van der Waals surface area (Å²) in [6, 6.07) is 7.84. The molecular weight excluding hydrogens is 266 g/mol. The van der Waals surface area contributed by atoms with E-state index in [1.807, 2.05) is 0 Å². The number of benzene rings is 2. The van der Waals surface area contributed by atoms with Crippen molar-refractivity contribution in [3.8, 4) is 11.5 Å². The van der Waals surface area contributed by atoms with Gasteiger partial charge in [-0.1, -0.05) is 0 Å². The average Bonchev–Trinajstić information content (AvgIpc) is 2.43. The molecule has 0 unspecified atom stereocenters. The fourth-order valence-corrected chi connectivity index (χ4v) is 1.72. The third kappa shape index (κ3) is 3.32. The average molecular weight is 278 g/mol. The highest BCUT2D eigenvalue weighted by Crippen LogP contribution is 2.24. The van der Waals surface area contributed by atoms with Crippen LogP contribution in [0.1, 0.15) is 15.9 Å². The molecule has 0 fully saturated rings. The second-order valence-corrected chi connectivity index (χ2v) is 4.09. The van der Waals surface area contributed by atoms with Crippen molar-refractivity contribution in [2.24, 2.45) is 0 Å². The predicted octanol–water partition coefficient (Wildman–Crippen LogP) is 3.36. The Kier molecular flexibility index (Phi) is 4.30. The molecule has 0 radical (unpaired) electrons. The number of methoxy groups -OCH3 is 1. The Morgan fingerprint density at radius 3 is 2.40 bits per heavy atom. The van der Waals surface area contributed by atoms with Gasteiger partial charge in [0.2, 0.25) is 0 Å². The van der Waals surface area contributed by atoms with Crippen molar-refractivity contribution < 1.29 is 23.0 Å². The number of rotatable bonds is 5. The molecule has 0 aliphatic carbocycles. The second-order valence-electron chi connectivity index (χ2n) is 4.09. The van der Waals surface area contributed by atoms with Crippen molar-refractivity contribution in [2.75, 3.05) is 7.11 Å². The third-order valence-corrected chi connectivity index (χ3v) is 2.66. The molecule has 0 saturated carbocycles. The van der Waals surface area contributed by atoms with E-state index in [-0.39, 0.29) is 6.61 Å². The van der Waals surface area contributed by atoms with Crippen molar-refractivity contribution in [2.45, 2.75) is 6.61 Å². The van der Waals surface area contributed by atoms with Crippen LogP contribution in [-0.4, -0.2) is 13.4 Å². The van der Waals surface area contributed by atoms with E-state index in [1.165, 1.54) is 19.2 Å². The van der Waals surface area contributed by atoms with E-state index in [0.29, 0.717) is 28.9 Å². The number of carbonyl (C=O) groups excluding carboxylic acids is 1. The quantitative estimate of drug-likeness (QED) is 0.787. The molecule has 0 saturated heterocycles. The van der Waals surface area contributed by atoms with Crippen LogP contribution >= 0.6 is 0 Å². The topological polar surface area (TPSA) is 35.5 Å². The van der Waals surface area contributed by atoms with E-state index < -0.39 is 11.6 Å². The van der Waals surface area contributed by atoms with Gasteiger partial charge in [0.05, 0.1) is 12.7 Å². The van der Waals surface area contributed by atoms with Crippen molar-refractivity contribution in [3.63, 3.8) is 0 Å². The Morgan fingerprint density at radius 1 is 1.10 bits per heavy atom. The number of carbonyl (C=O) groups is 1. The van der Waals surface area contributed by atoms with E-state index in [1.54, 1.807) is 18.2 Å². The maximum Gasteiger partial charge on any atom is 0.153 e. The zero-order valence-electron chi connectivity index (χ0n) is 10.7. The molecule has 104 valence electrons. The smallest absolute Gasteiger partial charge is 0.153 e. The predicted molar refractivity (Wildman–Crippen MR) is 69.1 cm³/mol. The largest absolute Gasteiger partial charge is 0.497 e. The van der Waals surface area contributed by atoms with Crippen molar-refractivity contribution >= 4 is 6.29 Å². The number of hydrogen-bond donors (Lipinski definition) is 0. The first-order valence-corrected chi connectivity index (χ1v) is 5.83. The van der Waals surface area contributed by atoms with Gasteiger partial charge in [0.1, 0.15) is 29.7 Å². The maximum atomic E-state index is 13.0. The number of halogens is 2. The van der Waals surface area contributed by atoms with Crippen LogP contribution in [0.15, 0.2) is 36.4 Å². The summed E-state index contributed by atoms with van der Waals surface area (Å²) in [4.78, 5) is 10.9. The standard InChI is InChI=1S/C15H12F2O3/c1-19-14-3-2-11(8-18)15(7-14)20-9-10-4-12(16)6-13(17)5-10/h2-8H,9H2,1H3. The van der Waals surface area contributed by atoms with Crippen LogP contribution in [0.25, 0.3) is 0 Å². The minimum absolute atomic E-state index is 0.0529. The van der Waals surface area contributed by atoms with Crippen molar-refractivity contribution in [1.29, 1.82) is 0 Å². The zero-order chi connectivity index (χ0) is 14.5. The normalized spacial score (nSPS) is 10.2. The molecule has 0 bridgehead atoms. The third-order valence-electron chi connectivity index (χ3n) is 2.66. The number of aldehydes is 1. The van der Waals surface area contributed by atoms with Crippen LogP contribution < -0.4 is 9.47 Å². The monoisotopic (exact) mass is 278 g/mol. The minimum atomic E-state index is -0.676. The molecule has 20 heavy (non-hydrogen) atoms. The summed E-state index contributed by atoms with van der Waals surface area (Å²) in [7, 11) is 1.49. The molecule has 2 aromatic rings. The SMILES string of the molecule is COc1ccc(C=O)c(OCc2cc(F)cc(F)c2)c1. The van der Waals surface area contributed by atoms with Gasteiger partial charge in [-0.15, -0.1) is 0 Å². The molecule has 2 rings (SSSR count). The second kappa shape index (κ2) is 6.14. The van der Waals surface area contributed by atoms with Gasteiger partial charge in [0.25, 0.3) is 0 Å². The van der Waals surface area contributed by atoms with Gasteiger partial charge in [-0.3, -0.25) is 4.79 Å². The lowest BCUT2D eigenvalue weighted by Gasteiger charge is -2.10. The minimum Gasteiger partial charge on any atom is -0.497 e. The van der Waals surface area contributed by atoms with Crippen molar-refractivity contribution in [3.05, 3.63) is 59.2 Å². The first kappa shape index (κ1) is 14.0. The molecule has 0 spiro atoms. The molecule has 2 aromatic carbocycles. The van der Waals surface area contributed by atoms with Crippen LogP contribution in [0.2, 0.25) is 0 Å². The molecular formula is C15H12F2O3. The van der Waals surface area contributed by atoms with Crippen LogP contribution in [0.4, 0.5) is 8.78 Å². The van der Waals surface area contributed by atoms with Crippen LogP contribution in [0.5, 0.6) is 11.5 Å². The van der Waals surface area contributed by atoms with Crippen molar-refractivity contribution in [1.82, 2.24) is 0 Å². The first-order valence-electron chi connectivity index (χ1n) is 5.83. The summed E-state index contributed by atoms with van der Waals surface area (Å²) >= 11 is 0. The maximum absolute atomic E-state index is 13.0. The Bertz CT molecular complexity index is 606. The molecule has 3 nitrogen and oxygen atoms in total. The van der Waals surface area contributed by atoms with Gasteiger partial charge < -0.3 is 9.47 Å². The van der Waals surface area contributed by atoms with Crippen LogP contribution in [-0.2, 0) is 6.61 Å². The summed E-state index contributed by atoms with van der Waals surface area (Å²) in [5, 5.41) is 0. The Morgan fingerprint density at radius 2 is 1.80 bits per heavy atom. The lowest BCUT2D eigenvalue weighted by Crippen LogP contribution is -2.00. The molecule has 0 aliphatic rings. The lowest BCUT2D eigenvalue weighted by molar-refractivity contribution is 0.111.